The normalized spacial score (nSPS) is 17.2. The summed E-state index contributed by atoms with van der Waals surface area (Å²) in [7, 11) is 5.42. The third-order valence-electron chi connectivity index (χ3n) is 5.07. The fraction of sp³-hybridized carbons (Fsp3) is 0.455. The fourth-order valence-corrected chi connectivity index (χ4v) is 3.47. The van der Waals surface area contributed by atoms with E-state index in [1.54, 1.807) is 20.2 Å². The molecule has 1 aromatic carbocycles. The highest BCUT2D eigenvalue weighted by atomic mass is 16.2. The zero-order valence-corrected chi connectivity index (χ0v) is 17.2. The lowest BCUT2D eigenvalue weighted by Gasteiger charge is -2.41. The van der Waals surface area contributed by atoms with E-state index in [0.29, 0.717) is 0 Å². The van der Waals surface area contributed by atoms with Crippen LogP contribution in [0.25, 0.3) is 11.6 Å². The summed E-state index contributed by atoms with van der Waals surface area (Å²) in [6.07, 6.45) is 4.28. The molecular formula is C22H30N2O2. The number of fused-ring (bicyclic) bond motifs is 2. The number of rotatable bonds is 1. The van der Waals surface area contributed by atoms with Gasteiger partial charge in [-0.25, -0.2) is 0 Å². The molecule has 1 aromatic rings. The number of amides is 1. The molecule has 3 rings (SSSR count). The maximum absolute atomic E-state index is 12.4. The van der Waals surface area contributed by atoms with Gasteiger partial charge in [-0.2, -0.15) is 0 Å². The Hall–Kier alpha value is -2.36. The summed E-state index contributed by atoms with van der Waals surface area (Å²) in [5.74, 6) is -0.333. The second-order valence-corrected chi connectivity index (χ2v) is 7.47. The van der Waals surface area contributed by atoms with Crippen LogP contribution in [0.3, 0.4) is 0 Å². The van der Waals surface area contributed by atoms with Gasteiger partial charge in [-0.3, -0.25) is 9.59 Å². The summed E-state index contributed by atoms with van der Waals surface area (Å²) < 4.78 is 0. The van der Waals surface area contributed by atoms with Crippen LogP contribution in [0.1, 0.15) is 51.3 Å². The monoisotopic (exact) mass is 354 g/mol. The molecule has 1 aliphatic carbocycles. The van der Waals surface area contributed by atoms with Crippen molar-refractivity contribution in [3.8, 4) is 0 Å². The minimum atomic E-state index is -0.228. The number of Topliss-reactive ketones (excluding diaryl/α,β-unsaturated/α-hetero) is 1. The van der Waals surface area contributed by atoms with E-state index < -0.39 is 0 Å². The first kappa shape index (κ1) is 20.0. The van der Waals surface area contributed by atoms with E-state index in [-0.39, 0.29) is 29.2 Å². The second-order valence-electron chi connectivity index (χ2n) is 7.47. The molecule has 140 valence electrons. The maximum Gasteiger partial charge on any atom is 0.256 e. The van der Waals surface area contributed by atoms with E-state index in [1.807, 2.05) is 13.8 Å². The first-order chi connectivity index (χ1) is 12.1. The number of allylic oxidation sites excluding steroid dienone is 1. The topological polar surface area (TPSA) is 40.6 Å². The molecule has 1 amide bonds. The molecule has 1 heterocycles. The number of likely N-dealkylation sites (N-methyl/N-ethyl adjacent to an activating group) is 2. The predicted octanol–water partition coefficient (Wildman–Crippen LogP) is 3.94. The first-order valence-electron chi connectivity index (χ1n) is 9.19. The molecular weight excluding hydrogens is 324 g/mol. The fourth-order valence-electron chi connectivity index (χ4n) is 3.47. The van der Waals surface area contributed by atoms with Gasteiger partial charge in [0.2, 0.25) is 0 Å². The van der Waals surface area contributed by atoms with Crippen LogP contribution in [-0.2, 0) is 16.0 Å². The number of hydrogen-bond acceptors (Lipinski definition) is 3. The van der Waals surface area contributed by atoms with E-state index in [2.05, 4.69) is 50.9 Å². The first-order valence-corrected chi connectivity index (χ1v) is 9.19. The Bertz CT molecular complexity index is 814. The lowest BCUT2D eigenvalue weighted by molar-refractivity contribution is -0.127. The number of ketones is 1. The van der Waals surface area contributed by atoms with Gasteiger partial charge in [0.05, 0.1) is 11.1 Å². The van der Waals surface area contributed by atoms with Gasteiger partial charge in [0.1, 0.15) is 0 Å². The maximum atomic E-state index is 12.4. The van der Waals surface area contributed by atoms with Gasteiger partial charge < -0.3 is 9.80 Å². The van der Waals surface area contributed by atoms with Gasteiger partial charge in [0.25, 0.3) is 5.91 Å². The lowest BCUT2D eigenvalue weighted by atomic mass is 9.83. The summed E-state index contributed by atoms with van der Waals surface area (Å²) in [5, 5.41) is 0. The minimum absolute atomic E-state index is 0.0636. The molecule has 0 aromatic heterocycles. The van der Waals surface area contributed by atoms with E-state index in [1.165, 1.54) is 10.5 Å². The van der Waals surface area contributed by atoms with Crippen LogP contribution in [0.2, 0.25) is 0 Å². The van der Waals surface area contributed by atoms with Crippen molar-refractivity contribution in [1.29, 1.82) is 0 Å². The minimum Gasteiger partial charge on any atom is -0.365 e. The number of carbonyl (C=O) groups excluding carboxylic acids is 2. The third-order valence-corrected chi connectivity index (χ3v) is 5.07. The van der Waals surface area contributed by atoms with Crippen molar-refractivity contribution in [2.75, 3.05) is 26.0 Å². The molecule has 0 bridgehead atoms. The predicted molar refractivity (Wildman–Crippen MR) is 109 cm³/mol. The van der Waals surface area contributed by atoms with Gasteiger partial charge >= 0.3 is 0 Å². The van der Waals surface area contributed by atoms with Crippen LogP contribution in [-0.4, -0.2) is 43.3 Å². The summed E-state index contributed by atoms with van der Waals surface area (Å²) in [4.78, 5) is 28.3. The molecule has 4 heteroatoms. The van der Waals surface area contributed by atoms with Crippen LogP contribution in [0, 0.1) is 0 Å². The Morgan fingerprint density at radius 2 is 1.81 bits per heavy atom. The van der Waals surface area contributed by atoms with Crippen LogP contribution in [0.4, 0.5) is 5.69 Å². The van der Waals surface area contributed by atoms with Crippen molar-refractivity contribution in [3.63, 3.8) is 0 Å². The van der Waals surface area contributed by atoms with Crippen molar-refractivity contribution in [1.82, 2.24) is 4.90 Å². The van der Waals surface area contributed by atoms with Crippen LogP contribution >= 0.6 is 0 Å². The molecule has 0 saturated heterocycles. The van der Waals surface area contributed by atoms with Crippen molar-refractivity contribution in [2.24, 2.45) is 0 Å². The van der Waals surface area contributed by atoms with E-state index in [4.69, 9.17) is 0 Å². The summed E-state index contributed by atoms with van der Waals surface area (Å²) in [6.45, 7) is 10.5. The van der Waals surface area contributed by atoms with Crippen molar-refractivity contribution in [3.05, 3.63) is 40.5 Å². The number of benzene rings is 1. The summed E-state index contributed by atoms with van der Waals surface area (Å²) in [5.41, 5.74) is 5.71. The summed E-state index contributed by atoms with van der Waals surface area (Å²) in [6, 6.07) is 4.21. The summed E-state index contributed by atoms with van der Waals surface area (Å²) >= 11 is 0. The van der Waals surface area contributed by atoms with Gasteiger partial charge in [0, 0.05) is 38.8 Å². The van der Waals surface area contributed by atoms with Gasteiger partial charge in [0.15, 0.2) is 5.78 Å². The van der Waals surface area contributed by atoms with Gasteiger partial charge in [-0.1, -0.05) is 19.9 Å². The van der Waals surface area contributed by atoms with Crippen LogP contribution in [0.5, 0.6) is 0 Å². The molecule has 4 nitrogen and oxygen atoms in total. The Kier molecular flexibility index (Phi) is 5.45. The van der Waals surface area contributed by atoms with E-state index in [9.17, 15) is 9.59 Å². The molecule has 2 aliphatic rings. The molecule has 0 fully saturated rings. The van der Waals surface area contributed by atoms with Crippen LogP contribution in [0.15, 0.2) is 23.8 Å². The number of carbonyl (C=O) groups is 2. The molecule has 0 spiro atoms. The molecule has 0 atom stereocenters. The van der Waals surface area contributed by atoms with Crippen LogP contribution < -0.4 is 4.90 Å². The number of hydrogen-bond donors (Lipinski definition) is 0. The zero-order chi connectivity index (χ0) is 19.8. The number of nitrogens with zero attached hydrogens (tertiary/aromatic N) is 2. The standard InChI is InChI=1S/C20H24N2O2.C2H6/c1-12-11-20(2,3)22(6)17-9-14-10-18(23)16(19(24)21(4)5)8-13(14)7-15(12)17;1-2/h7-9,11H,10H2,1-6H3;1-2H3. The average Bonchev–Trinajstić information content (AvgIpc) is 2.59. The van der Waals surface area contributed by atoms with E-state index in [0.717, 1.165) is 22.4 Å². The molecule has 0 saturated carbocycles. The SMILES string of the molecule is CC.CC1=CC(C)(C)N(C)c2cc3c(cc21)C=C(C(=O)N(C)C)C(=O)C3. The van der Waals surface area contributed by atoms with Crippen molar-refractivity contribution >= 4 is 29.0 Å². The molecule has 26 heavy (non-hydrogen) atoms. The Balaban J connectivity index is 0.00000117. The van der Waals surface area contributed by atoms with Gasteiger partial charge in [-0.15, -0.1) is 0 Å². The Labute approximate surface area is 157 Å². The molecule has 1 aliphatic heterocycles. The lowest BCUT2D eigenvalue weighted by Crippen LogP contribution is -2.42. The molecule has 0 N–H and O–H groups in total. The van der Waals surface area contributed by atoms with Gasteiger partial charge in [-0.05, 0) is 55.7 Å². The van der Waals surface area contributed by atoms with Crippen molar-refractivity contribution < 1.29 is 9.59 Å². The highest BCUT2D eigenvalue weighted by Gasteiger charge is 2.31. The molecule has 0 radical (unpaired) electrons. The highest BCUT2D eigenvalue weighted by molar-refractivity contribution is 6.24. The quantitative estimate of drug-likeness (QED) is 0.717. The largest absolute Gasteiger partial charge is 0.365 e. The zero-order valence-electron chi connectivity index (χ0n) is 17.2. The Morgan fingerprint density at radius 3 is 2.38 bits per heavy atom. The smallest absolute Gasteiger partial charge is 0.256 e. The average molecular weight is 354 g/mol. The third kappa shape index (κ3) is 3.33. The van der Waals surface area contributed by atoms with Crippen molar-refractivity contribution in [2.45, 2.75) is 46.6 Å². The highest BCUT2D eigenvalue weighted by Crippen LogP contribution is 2.40. The second kappa shape index (κ2) is 7.10. The van der Waals surface area contributed by atoms with E-state index >= 15 is 0 Å². The molecule has 0 unspecified atom stereocenters. The Morgan fingerprint density at radius 1 is 1.19 bits per heavy atom. The number of anilines is 1.